The largest absolute Gasteiger partial charge is 0.455 e. The molecule has 12 heteroatoms. The van der Waals surface area contributed by atoms with Crippen LogP contribution in [0.15, 0.2) is 78.9 Å². The molecule has 50 heavy (non-hydrogen) atoms. The Bertz CT molecular complexity index is 1630. The van der Waals surface area contributed by atoms with Crippen LogP contribution in [0.5, 0.6) is 0 Å². The number of rotatable bonds is 8. The maximum Gasteiger partial charge on any atom is 0.313 e. The molecule has 5 bridgehead atoms. The number of halogens is 1. The van der Waals surface area contributed by atoms with E-state index < -0.39 is 65.6 Å². The number of cyclic esters (lactones) is 1. The van der Waals surface area contributed by atoms with Gasteiger partial charge in [0.1, 0.15) is 23.7 Å². The molecule has 11 nitrogen and oxygen atoms in total. The first-order chi connectivity index (χ1) is 24.1. The number of carbonyl (C=O) groups excluding carboxylic acids is 4. The number of hydrogen-bond acceptors (Lipinski definition) is 8. The van der Waals surface area contributed by atoms with E-state index in [2.05, 4.69) is 5.32 Å². The summed E-state index contributed by atoms with van der Waals surface area (Å²) < 4.78 is 18.4. The fraction of sp³-hybridized carbons (Fsp3) is 0.474. The molecular weight excluding hydrogens is 662 g/mol. The summed E-state index contributed by atoms with van der Waals surface area (Å²) in [6.07, 6.45) is 6.47. The van der Waals surface area contributed by atoms with E-state index in [0.29, 0.717) is 29.1 Å². The van der Waals surface area contributed by atoms with Crippen molar-refractivity contribution >= 4 is 41.0 Å². The van der Waals surface area contributed by atoms with E-state index in [9.17, 15) is 19.5 Å². The van der Waals surface area contributed by atoms with Crippen LogP contribution in [0, 0.1) is 17.8 Å². The van der Waals surface area contributed by atoms with Gasteiger partial charge in [0.15, 0.2) is 0 Å². The first kappa shape index (κ1) is 35.8. The first-order valence-corrected chi connectivity index (χ1v) is 17.6. The summed E-state index contributed by atoms with van der Waals surface area (Å²) in [6, 6.07) is 13.2. The number of ether oxygens (including phenoxy) is 3. The molecule has 2 aromatic rings. The van der Waals surface area contributed by atoms with E-state index in [1.807, 2.05) is 44.2 Å². The Morgan fingerprint density at radius 2 is 1.80 bits per heavy atom. The number of amides is 3. The van der Waals surface area contributed by atoms with Crippen LogP contribution in [0.1, 0.15) is 44.8 Å². The minimum atomic E-state index is -1.49. The Balaban J connectivity index is 1.49. The molecule has 1 spiro atoms. The molecule has 3 amide bonds. The van der Waals surface area contributed by atoms with E-state index in [4.69, 9.17) is 25.8 Å². The Hall–Kier alpha value is -4.03. The number of aliphatic hydroxyl groups excluding tert-OH is 1. The number of hydrogen-bond donors (Lipinski definition) is 2. The topological polar surface area (TPSA) is 135 Å². The number of fused-ring (bicyclic) bond motifs is 2. The van der Waals surface area contributed by atoms with E-state index in [1.54, 1.807) is 53.5 Å². The monoisotopic (exact) mass is 705 g/mol. The Morgan fingerprint density at radius 1 is 1.06 bits per heavy atom. The third-order valence-electron chi connectivity index (χ3n) is 10.5. The third-order valence-corrected chi connectivity index (χ3v) is 10.7. The molecule has 2 fully saturated rings. The minimum absolute atomic E-state index is 0.0543. The van der Waals surface area contributed by atoms with Crippen molar-refractivity contribution in [3.05, 3.63) is 89.5 Å². The van der Waals surface area contributed by atoms with Gasteiger partial charge in [-0.05, 0) is 42.2 Å². The van der Waals surface area contributed by atoms with Crippen LogP contribution in [-0.2, 0) is 33.4 Å². The predicted octanol–water partition coefficient (Wildman–Crippen LogP) is 4.00. The molecule has 0 saturated carbocycles. The number of nitrogens with zero attached hydrogens (tertiary/aromatic N) is 2. The molecular formula is C38H44ClN3O8. The van der Waals surface area contributed by atoms with Gasteiger partial charge in [0.25, 0.3) is 5.91 Å². The summed E-state index contributed by atoms with van der Waals surface area (Å²) >= 11 is 6.22. The van der Waals surface area contributed by atoms with Crippen molar-refractivity contribution in [1.29, 1.82) is 0 Å². The molecule has 4 aliphatic rings. The second-order valence-corrected chi connectivity index (χ2v) is 13.9. The molecule has 0 aliphatic carbocycles. The molecule has 6 rings (SSSR count). The lowest BCUT2D eigenvalue weighted by molar-refractivity contribution is -0.162. The molecule has 4 aliphatic heterocycles. The van der Waals surface area contributed by atoms with E-state index in [1.165, 1.54) is 12.0 Å². The summed E-state index contributed by atoms with van der Waals surface area (Å²) in [7, 11) is 1.50. The molecule has 0 radical (unpaired) electrons. The van der Waals surface area contributed by atoms with Crippen LogP contribution in [-0.4, -0.2) is 90.4 Å². The fourth-order valence-corrected chi connectivity index (χ4v) is 7.95. The Labute approximate surface area is 297 Å². The molecule has 266 valence electrons. The van der Waals surface area contributed by atoms with Crippen molar-refractivity contribution in [1.82, 2.24) is 10.2 Å². The zero-order chi connectivity index (χ0) is 35.6. The number of carbonyl (C=O) groups is 4. The summed E-state index contributed by atoms with van der Waals surface area (Å²) in [5.74, 6) is -4.21. The van der Waals surface area contributed by atoms with Gasteiger partial charge in [-0.15, -0.1) is 0 Å². The molecule has 2 saturated heterocycles. The minimum Gasteiger partial charge on any atom is -0.455 e. The van der Waals surface area contributed by atoms with Crippen molar-refractivity contribution in [3.8, 4) is 0 Å². The number of allylic oxidation sites excluding steroid dienone is 1. The highest BCUT2D eigenvalue weighted by molar-refractivity contribution is 6.30. The zero-order valence-corrected chi connectivity index (χ0v) is 29.2. The van der Waals surface area contributed by atoms with Gasteiger partial charge in [-0.25, -0.2) is 0 Å². The second-order valence-electron chi connectivity index (χ2n) is 13.4. The van der Waals surface area contributed by atoms with Crippen LogP contribution in [0.4, 0.5) is 5.69 Å². The fourth-order valence-electron chi connectivity index (χ4n) is 7.82. The molecule has 0 aromatic heterocycles. The van der Waals surface area contributed by atoms with Crippen LogP contribution in [0.2, 0.25) is 5.02 Å². The van der Waals surface area contributed by atoms with Crippen molar-refractivity contribution in [2.24, 2.45) is 17.8 Å². The SMILES string of the molecule is CC[C@H](C)[C@H](CO)N1C(=O)[C@@H]2[C@H]3C(=O)O[C@@H](c4ccccc4)[C@H](COC)NC(=O)CC/C=C\CN(c4ccc(Cl)cc4)C(=O)[C@@H]1[C@]21C=C[C@H]3O1. The number of methoxy groups -OCH3 is 1. The van der Waals surface area contributed by atoms with Crippen molar-refractivity contribution in [3.63, 3.8) is 0 Å². The predicted molar refractivity (Wildman–Crippen MR) is 186 cm³/mol. The Morgan fingerprint density at radius 3 is 2.48 bits per heavy atom. The van der Waals surface area contributed by atoms with Crippen molar-refractivity contribution < 1.29 is 38.5 Å². The van der Waals surface area contributed by atoms with Gasteiger partial charge >= 0.3 is 5.97 Å². The number of nitrogens with one attached hydrogen (secondary N) is 1. The van der Waals surface area contributed by atoms with Gasteiger partial charge in [0.05, 0.1) is 37.3 Å². The van der Waals surface area contributed by atoms with E-state index in [0.717, 1.165) is 0 Å². The molecule has 0 unspecified atom stereocenters. The van der Waals surface area contributed by atoms with E-state index >= 15 is 4.79 Å². The highest BCUT2D eigenvalue weighted by Gasteiger charge is 2.74. The Kier molecular flexibility index (Phi) is 10.8. The molecule has 2 N–H and O–H groups in total. The van der Waals surface area contributed by atoms with Gasteiger partial charge in [0, 0.05) is 30.8 Å². The quantitative estimate of drug-likeness (QED) is 0.311. The number of aliphatic hydroxyl groups is 1. The van der Waals surface area contributed by atoms with Crippen molar-refractivity contribution in [2.75, 3.05) is 31.8 Å². The van der Waals surface area contributed by atoms with E-state index in [-0.39, 0.29) is 38.0 Å². The maximum absolute atomic E-state index is 15.1. The first-order valence-electron chi connectivity index (χ1n) is 17.2. The average molecular weight is 706 g/mol. The second kappa shape index (κ2) is 15.1. The maximum atomic E-state index is 15.1. The number of benzene rings is 2. The third kappa shape index (κ3) is 6.48. The van der Waals surface area contributed by atoms with Gasteiger partial charge in [-0.3, -0.25) is 19.2 Å². The van der Waals surface area contributed by atoms with Gasteiger partial charge in [-0.1, -0.05) is 86.5 Å². The molecule has 4 heterocycles. The van der Waals surface area contributed by atoms with Gasteiger partial charge in [0.2, 0.25) is 11.8 Å². The summed E-state index contributed by atoms with van der Waals surface area (Å²) in [4.78, 5) is 60.5. The summed E-state index contributed by atoms with van der Waals surface area (Å²) in [5.41, 5.74) is -0.316. The normalized spacial score (nSPS) is 31.7. The van der Waals surface area contributed by atoms with Crippen LogP contribution in [0.25, 0.3) is 0 Å². The highest BCUT2D eigenvalue weighted by Crippen LogP contribution is 2.57. The smallest absolute Gasteiger partial charge is 0.313 e. The highest BCUT2D eigenvalue weighted by atomic mass is 35.5. The number of anilines is 1. The molecule has 2 aromatic carbocycles. The lowest BCUT2D eigenvalue weighted by Crippen LogP contribution is -2.59. The lowest BCUT2D eigenvalue weighted by atomic mass is 9.74. The number of likely N-dealkylation sites (tertiary alicyclic amines) is 1. The standard InChI is InChI=1S/C38H44ClN3O8/c1-4-23(2)28(21-43)42-34-36(46)41(26-16-14-25(39)15-17-26)20-10-6-9-13-30(44)40-27(22-48-3)33(24-11-7-5-8-12-24)49-37(47)31-29-18-19-38(34,50-29)32(31)35(42)45/h5-8,10-12,14-19,23,27-29,31-34,43H,4,9,13,20-22H2,1-3H3,(H,40,44)/b10-6-/t23-,27-,28-,29+,31-,32-,33-,34+,38-/m0/s1. The zero-order valence-electron chi connectivity index (χ0n) is 28.4. The average Bonchev–Trinajstić information content (AvgIpc) is 3.76. The lowest BCUT2D eigenvalue weighted by Gasteiger charge is -2.40. The molecule has 9 atom stereocenters. The van der Waals surface area contributed by atoms with Gasteiger partial charge in [-0.2, -0.15) is 0 Å². The number of esters is 1. The van der Waals surface area contributed by atoms with Crippen LogP contribution >= 0.6 is 11.6 Å². The van der Waals surface area contributed by atoms with Crippen LogP contribution in [0.3, 0.4) is 0 Å². The van der Waals surface area contributed by atoms with Crippen molar-refractivity contribution in [2.45, 2.75) is 69.0 Å². The van der Waals surface area contributed by atoms with Gasteiger partial charge < -0.3 is 34.4 Å². The van der Waals surface area contributed by atoms with Crippen LogP contribution < -0.4 is 10.2 Å². The summed E-state index contributed by atoms with van der Waals surface area (Å²) in [6.45, 7) is 3.67. The summed E-state index contributed by atoms with van der Waals surface area (Å²) in [5, 5.41) is 14.2.